The lowest BCUT2D eigenvalue weighted by molar-refractivity contribution is -0.121. The van der Waals surface area contributed by atoms with Gasteiger partial charge in [0, 0.05) is 10.7 Å². The van der Waals surface area contributed by atoms with E-state index in [2.05, 4.69) is 5.32 Å². The number of nitrogens with zero attached hydrogens (tertiary/aromatic N) is 1. The fourth-order valence-electron chi connectivity index (χ4n) is 2.67. The number of imide groups is 1. The van der Waals surface area contributed by atoms with E-state index in [1.165, 1.54) is 4.90 Å². The van der Waals surface area contributed by atoms with E-state index >= 15 is 0 Å². The molecule has 5 heteroatoms. The van der Waals surface area contributed by atoms with Gasteiger partial charge in [0.25, 0.3) is 5.91 Å². The molecule has 0 aromatic heterocycles. The topological polar surface area (TPSA) is 49.4 Å². The molecule has 1 aliphatic rings. The third kappa shape index (κ3) is 3.08. The first-order valence-corrected chi connectivity index (χ1v) is 7.79. The first-order valence-electron chi connectivity index (χ1n) is 7.42. The zero-order chi connectivity index (χ0) is 16.6. The minimum Gasteiger partial charge on any atom is -0.373 e. The molecule has 0 unspecified atom stereocenters. The average Bonchev–Trinajstić information content (AvgIpc) is 2.77. The molecule has 1 saturated heterocycles. The smallest absolute Gasteiger partial charge is 0.256 e. The number of hydrogen-bond donors (Lipinski definition) is 1. The number of carbonyl (C=O) groups is 2. The van der Waals surface area contributed by atoms with Gasteiger partial charge in [0.15, 0.2) is 0 Å². The van der Waals surface area contributed by atoms with Crippen molar-refractivity contribution in [3.8, 4) is 0 Å². The molecule has 3 rings (SSSR count). The normalized spacial score (nSPS) is 17.7. The van der Waals surface area contributed by atoms with Crippen LogP contribution in [-0.2, 0) is 9.59 Å². The first kappa shape index (κ1) is 15.6. The van der Waals surface area contributed by atoms with Gasteiger partial charge in [-0.25, -0.2) is 4.90 Å². The van der Waals surface area contributed by atoms with Gasteiger partial charge in [-0.15, -0.1) is 0 Å². The quantitative estimate of drug-likeness (QED) is 0.874. The molecule has 1 aliphatic heterocycles. The van der Waals surface area contributed by atoms with Crippen molar-refractivity contribution in [2.45, 2.75) is 26.3 Å². The van der Waals surface area contributed by atoms with Crippen molar-refractivity contribution in [3.05, 3.63) is 58.6 Å². The lowest BCUT2D eigenvalue weighted by Crippen LogP contribution is -2.34. The van der Waals surface area contributed by atoms with Crippen LogP contribution >= 0.6 is 11.6 Å². The molecule has 4 nitrogen and oxygen atoms in total. The molecule has 23 heavy (non-hydrogen) atoms. The Morgan fingerprint density at radius 2 is 1.91 bits per heavy atom. The maximum absolute atomic E-state index is 12.6. The molecule has 0 radical (unpaired) electrons. The summed E-state index contributed by atoms with van der Waals surface area (Å²) in [6, 6.07) is 12.4. The fraction of sp³-hybridized carbons (Fsp3) is 0.222. The van der Waals surface area contributed by atoms with Crippen LogP contribution in [0.2, 0.25) is 5.02 Å². The summed E-state index contributed by atoms with van der Waals surface area (Å²) in [6.07, 6.45) is 0.137. The summed E-state index contributed by atoms with van der Waals surface area (Å²) in [5.74, 6) is -0.475. The molecule has 0 bridgehead atoms. The molecular weight excluding hydrogens is 312 g/mol. The summed E-state index contributed by atoms with van der Waals surface area (Å²) in [5.41, 5.74) is 3.35. The van der Waals surface area contributed by atoms with Crippen LogP contribution in [0.1, 0.15) is 17.5 Å². The monoisotopic (exact) mass is 328 g/mol. The predicted octanol–water partition coefficient (Wildman–Crippen LogP) is 3.70. The number of halogens is 1. The lowest BCUT2D eigenvalue weighted by Gasteiger charge is -2.17. The number of carbonyl (C=O) groups excluding carboxylic acids is 2. The minimum atomic E-state index is -0.552. The van der Waals surface area contributed by atoms with Crippen LogP contribution in [-0.4, -0.2) is 17.9 Å². The molecule has 2 aromatic carbocycles. The highest BCUT2D eigenvalue weighted by Crippen LogP contribution is 2.28. The Morgan fingerprint density at radius 3 is 2.61 bits per heavy atom. The van der Waals surface area contributed by atoms with Gasteiger partial charge in [0.05, 0.1) is 12.1 Å². The predicted molar refractivity (Wildman–Crippen MR) is 91.9 cm³/mol. The van der Waals surface area contributed by atoms with Crippen molar-refractivity contribution in [3.63, 3.8) is 0 Å². The van der Waals surface area contributed by atoms with Crippen molar-refractivity contribution in [2.24, 2.45) is 0 Å². The first-order chi connectivity index (χ1) is 11.0. The Balaban J connectivity index is 1.83. The van der Waals surface area contributed by atoms with Crippen molar-refractivity contribution in [1.82, 2.24) is 0 Å². The Hall–Kier alpha value is -2.33. The molecule has 0 aliphatic carbocycles. The number of rotatable bonds is 3. The summed E-state index contributed by atoms with van der Waals surface area (Å²) >= 11 is 6.11. The summed E-state index contributed by atoms with van der Waals surface area (Å²) in [5, 5.41) is 3.68. The van der Waals surface area contributed by atoms with Crippen molar-refractivity contribution < 1.29 is 9.59 Å². The van der Waals surface area contributed by atoms with Crippen LogP contribution in [0.25, 0.3) is 0 Å². The summed E-state index contributed by atoms with van der Waals surface area (Å²) in [4.78, 5) is 26.1. The number of amides is 2. The molecule has 1 fully saturated rings. The highest BCUT2D eigenvalue weighted by atomic mass is 35.5. The van der Waals surface area contributed by atoms with Crippen molar-refractivity contribution >= 4 is 34.8 Å². The van der Waals surface area contributed by atoms with Crippen LogP contribution in [0.4, 0.5) is 11.4 Å². The van der Waals surface area contributed by atoms with Crippen LogP contribution in [0.5, 0.6) is 0 Å². The van der Waals surface area contributed by atoms with Gasteiger partial charge < -0.3 is 5.32 Å². The number of aryl methyl sites for hydroxylation is 2. The average molecular weight is 329 g/mol. The Labute approximate surface area is 140 Å². The molecule has 2 amide bonds. The second-order valence-electron chi connectivity index (χ2n) is 5.77. The number of benzene rings is 2. The van der Waals surface area contributed by atoms with E-state index in [0.29, 0.717) is 10.7 Å². The summed E-state index contributed by atoms with van der Waals surface area (Å²) < 4.78 is 0. The maximum Gasteiger partial charge on any atom is 0.256 e. The molecule has 0 spiro atoms. The second-order valence-corrected chi connectivity index (χ2v) is 6.18. The zero-order valence-corrected chi connectivity index (χ0v) is 13.7. The highest BCUT2D eigenvalue weighted by Gasteiger charge is 2.39. The molecule has 0 saturated carbocycles. The third-order valence-corrected chi connectivity index (χ3v) is 4.33. The minimum absolute atomic E-state index is 0.137. The molecular formula is C18H17ClN2O2. The van der Waals surface area contributed by atoms with Gasteiger partial charge in [0.2, 0.25) is 5.91 Å². The largest absolute Gasteiger partial charge is 0.373 e. The molecule has 1 heterocycles. The van der Waals surface area contributed by atoms with E-state index < -0.39 is 6.04 Å². The Bertz CT molecular complexity index is 788. The van der Waals surface area contributed by atoms with E-state index in [9.17, 15) is 9.59 Å². The third-order valence-electron chi connectivity index (χ3n) is 3.92. The van der Waals surface area contributed by atoms with Gasteiger partial charge in [-0.1, -0.05) is 29.8 Å². The van der Waals surface area contributed by atoms with E-state index in [-0.39, 0.29) is 18.2 Å². The van der Waals surface area contributed by atoms with Crippen LogP contribution in [0, 0.1) is 13.8 Å². The van der Waals surface area contributed by atoms with Gasteiger partial charge in [-0.3, -0.25) is 9.59 Å². The van der Waals surface area contributed by atoms with E-state index in [1.807, 2.05) is 38.1 Å². The van der Waals surface area contributed by atoms with E-state index in [0.717, 1.165) is 16.8 Å². The molecule has 1 N–H and O–H groups in total. The van der Waals surface area contributed by atoms with Crippen molar-refractivity contribution in [2.75, 3.05) is 10.2 Å². The summed E-state index contributed by atoms with van der Waals surface area (Å²) in [7, 11) is 0. The second kappa shape index (κ2) is 6.05. The molecule has 2 aromatic rings. The summed E-state index contributed by atoms with van der Waals surface area (Å²) in [6.45, 7) is 3.86. The van der Waals surface area contributed by atoms with Crippen LogP contribution < -0.4 is 10.2 Å². The molecule has 118 valence electrons. The highest BCUT2D eigenvalue weighted by molar-refractivity contribution is 6.32. The SMILES string of the molecule is Cc1cccc(N[C@H]2CC(=O)N(c3ccc(C)c(Cl)c3)C2=O)c1. The Morgan fingerprint density at radius 1 is 1.13 bits per heavy atom. The van der Waals surface area contributed by atoms with Gasteiger partial charge in [-0.2, -0.15) is 0 Å². The van der Waals surface area contributed by atoms with E-state index in [1.54, 1.807) is 18.2 Å². The van der Waals surface area contributed by atoms with Gasteiger partial charge in [0.1, 0.15) is 6.04 Å². The number of anilines is 2. The zero-order valence-electron chi connectivity index (χ0n) is 13.0. The standard InChI is InChI=1S/C18H17ClN2O2/c1-11-4-3-5-13(8-11)20-16-10-17(22)21(18(16)23)14-7-6-12(2)15(19)9-14/h3-9,16,20H,10H2,1-2H3/t16-/m0/s1. The van der Waals surface area contributed by atoms with Crippen LogP contribution in [0.15, 0.2) is 42.5 Å². The fourth-order valence-corrected chi connectivity index (χ4v) is 2.85. The Kier molecular flexibility index (Phi) is 4.09. The maximum atomic E-state index is 12.6. The van der Waals surface area contributed by atoms with Gasteiger partial charge >= 0.3 is 0 Å². The number of nitrogens with one attached hydrogen (secondary N) is 1. The lowest BCUT2D eigenvalue weighted by atomic mass is 10.2. The van der Waals surface area contributed by atoms with E-state index in [4.69, 9.17) is 11.6 Å². The number of hydrogen-bond acceptors (Lipinski definition) is 3. The van der Waals surface area contributed by atoms with Gasteiger partial charge in [-0.05, 0) is 49.2 Å². The van der Waals surface area contributed by atoms with Crippen LogP contribution in [0.3, 0.4) is 0 Å². The molecule has 1 atom stereocenters. The van der Waals surface area contributed by atoms with Crippen molar-refractivity contribution in [1.29, 1.82) is 0 Å².